The van der Waals surface area contributed by atoms with Gasteiger partial charge in [-0.15, -0.1) is 0 Å². The number of nitrogens with one attached hydrogen (secondary N) is 2. The predicted octanol–water partition coefficient (Wildman–Crippen LogP) is 3.16. The lowest BCUT2D eigenvalue weighted by Crippen LogP contribution is -2.48. The minimum atomic E-state index is 0.0259. The zero-order valence-electron chi connectivity index (χ0n) is 18.2. The molecular weight excluding hydrogens is 378 g/mol. The maximum atomic E-state index is 5.65. The Morgan fingerprint density at radius 1 is 0.933 bits per heavy atom. The Hall–Kier alpha value is -2.73. The van der Waals surface area contributed by atoms with Gasteiger partial charge in [-0.05, 0) is 54.7 Å². The van der Waals surface area contributed by atoms with Crippen LogP contribution in [0.4, 0.5) is 0 Å². The molecule has 2 aromatic carbocycles. The third-order valence-corrected chi connectivity index (χ3v) is 5.84. The molecule has 1 saturated heterocycles. The summed E-state index contributed by atoms with van der Waals surface area (Å²) in [6.07, 6.45) is 2.88. The van der Waals surface area contributed by atoms with Crippen LogP contribution in [0, 0.1) is 0 Å². The Bertz CT molecular complexity index is 797. The topological polar surface area (TPSA) is 64.1 Å². The molecule has 0 aromatic heterocycles. The van der Waals surface area contributed by atoms with Crippen molar-refractivity contribution in [3.05, 3.63) is 59.7 Å². The number of methoxy groups -OCH3 is 2. The molecule has 6 nitrogen and oxygen atoms in total. The Morgan fingerprint density at radius 3 is 2.10 bits per heavy atom. The van der Waals surface area contributed by atoms with Crippen LogP contribution in [0.5, 0.6) is 11.5 Å². The Labute approximate surface area is 179 Å². The zero-order chi connectivity index (χ0) is 21.2. The van der Waals surface area contributed by atoms with Gasteiger partial charge in [0.15, 0.2) is 5.96 Å². The first-order chi connectivity index (χ1) is 14.7. The minimum absolute atomic E-state index is 0.0259. The summed E-state index contributed by atoms with van der Waals surface area (Å²) in [5.41, 5.74) is 2.60. The number of benzene rings is 2. The highest BCUT2D eigenvalue weighted by Gasteiger charge is 2.34. The summed E-state index contributed by atoms with van der Waals surface area (Å²) in [6.45, 7) is 3.17. The quantitative estimate of drug-likeness (QED) is 0.516. The molecule has 0 amide bonds. The minimum Gasteiger partial charge on any atom is -0.497 e. The molecule has 1 heterocycles. The first kappa shape index (κ1) is 22.0. The van der Waals surface area contributed by atoms with E-state index >= 15 is 0 Å². The summed E-state index contributed by atoms with van der Waals surface area (Å²) < 4.78 is 16.2. The molecule has 1 aliphatic heterocycles. The molecule has 30 heavy (non-hydrogen) atoms. The van der Waals surface area contributed by atoms with Crippen molar-refractivity contribution in [2.45, 2.75) is 24.7 Å². The fourth-order valence-corrected chi connectivity index (χ4v) is 3.87. The standard InChI is InChI=1S/C24H33N3O3/c1-25-23(26-15-12-19-4-8-21(28-2)9-5-19)27-18-24(13-16-30-17-14-24)20-6-10-22(29-3)11-7-20/h4-11H,12-18H2,1-3H3,(H2,25,26,27). The van der Waals surface area contributed by atoms with Gasteiger partial charge in [-0.2, -0.15) is 0 Å². The van der Waals surface area contributed by atoms with Crippen molar-refractivity contribution >= 4 is 5.96 Å². The van der Waals surface area contributed by atoms with Crippen molar-refractivity contribution in [3.63, 3.8) is 0 Å². The largest absolute Gasteiger partial charge is 0.497 e. The second-order valence-corrected chi connectivity index (χ2v) is 7.57. The fourth-order valence-electron chi connectivity index (χ4n) is 3.87. The number of nitrogens with zero attached hydrogens (tertiary/aromatic N) is 1. The van der Waals surface area contributed by atoms with Crippen LogP contribution in [-0.4, -0.2) is 53.5 Å². The molecular formula is C24H33N3O3. The molecule has 0 saturated carbocycles. The Kier molecular flexibility index (Phi) is 7.97. The molecule has 0 radical (unpaired) electrons. The third kappa shape index (κ3) is 5.66. The molecule has 1 aliphatic rings. The average Bonchev–Trinajstić information content (AvgIpc) is 2.82. The highest BCUT2D eigenvalue weighted by Crippen LogP contribution is 2.35. The molecule has 162 valence electrons. The first-order valence-electron chi connectivity index (χ1n) is 10.5. The molecule has 0 spiro atoms. The lowest BCUT2D eigenvalue weighted by Gasteiger charge is -2.38. The normalized spacial score (nSPS) is 16.0. The van der Waals surface area contributed by atoms with E-state index in [9.17, 15) is 0 Å². The van der Waals surface area contributed by atoms with E-state index in [1.165, 1.54) is 11.1 Å². The van der Waals surface area contributed by atoms with E-state index in [1.54, 1.807) is 14.2 Å². The van der Waals surface area contributed by atoms with Crippen LogP contribution in [0.1, 0.15) is 24.0 Å². The van der Waals surface area contributed by atoms with Crippen LogP contribution in [-0.2, 0) is 16.6 Å². The van der Waals surface area contributed by atoms with Crippen molar-refractivity contribution in [3.8, 4) is 11.5 Å². The number of ether oxygens (including phenoxy) is 3. The first-order valence-corrected chi connectivity index (χ1v) is 10.5. The van der Waals surface area contributed by atoms with Crippen molar-refractivity contribution in [1.29, 1.82) is 0 Å². The van der Waals surface area contributed by atoms with Gasteiger partial charge in [0.25, 0.3) is 0 Å². The highest BCUT2D eigenvalue weighted by atomic mass is 16.5. The summed E-state index contributed by atoms with van der Waals surface area (Å²) in [7, 11) is 5.19. The second kappa shape index (κ2) is 10.9. The SMILES string of the molecule is CN=C(NCCc1ccc(OC)cc1)NCC1(c2ccc(OC)cc2)CCOCC1. The fraction of sp³-hybridized carbons (Fsp3) is 0.458. The van der Waals surface area contributed by atoms with Gasteiger partial charge in [0, 0.05) is 38.8 Å². The number of aliphatic imine (C=N–C) groups is 1. The number of rotatable bonds is 8. The van der Waals surface area contributed by atoms with Crippen molar-refractivity contribution in [1.82, 2.24) is 10.6 Å². The van der Waals surface area contributed by atoms with E-state index in [-0.39, 0.29) is 5.41 Å². The summed E-state index contributed by atoms with van der Waals surface area (Å²) in [5, 5.41) is 6.97. The predicted molar refractivity (Wildman–Crippen MR) is 121 cm³/mol. The zero-order valence-corrected chi connectivity index (χ0v) is 18.2. The molecule has 1 fully saturated rings. The van der Waals surface area contributed by atoms with Gasteiger partial charge in [0.2, 0.25) is 0 Å². The summed E-state index contributed by atoms with van der Waals surface area (Å²) in [5.74, 6) is 2.58. The van der Waals surface area contributed by atoms with E-state index in [4.69, 9.17) is 14.2 Å². The lowest BCUT2D eigenvalue weighted by atomic mass is 9.74. The summed E-state index contributed by atoms with van der Waals surface area (Å²) >= 11 is 0. The second-order valence-electron chi connectivity index (χ2n) is 7.57. The van der Waals surface area contributed by atoms with E-state index in [1.807, 2.05) is 31.3 Å². The van der Waals surface area contributed by atoms with Crippen LogP contribution in [0.2, 0.25) is 0 Å². The lowest BCUT2D eigenvalue weighted by molar-refractivity contribution is 0.0513. The van der Waals surface area contributed by atoms with Crippen molar-refractivity contribution < 1.29 is 14.2 Å². The summed E-state index contributed by atoms with van der Waals surface area (Å²) in [4.78, 5) is 4.41. The van der Waals surface area contributed by atoms with Gasteiger partial charge in [0.1, 0.15) is 11.5 Å². The van der Waals surface area contributed by atoms with Gasteiger partial charge < -0.3 is 24.8 Å². The molecule has 3 rings (SSSR count). The molecule has 6 heteroatoms. The van der Waals surface area contributed by atoms with E-state index in [2.05, 4.69) is 39.9 Å². The molecule has 0 bridgehead atoms. The smallest absolute Gasteiger partial charge is 0.191 e. The molecule has 2 N–H and O–H groups in total. The number of guanidine groups is 1. The van der Waals surface area contributed by atoms with Gasteiger partial charge in [-0.25, -0.2) is 0 Å². The third-order valence-electron chi connectivity index (χ3n) is 5.84. The van der Waals surface area contributed by atoms with Crippen LogP contribution in [0.25, 0.3) is 0 Å². The number of hydrogen-bond donors (Lipinski definition) is 2. The van der Waals surface area contributed by atoms with Crippen LogP contribution >= 0.6 is 0 Å². The van der Waals surface area contributed by atoms with Crippen molar-refractivity contribution in [2.75, 3.05) is 47.6 Å². The number of hydrogen-bond acceptors (Lipinski definition) is 4. The molecule has 0 atom stereocenters. The molecule has 0 aliphatic carbocycles. The average molecular weight is 412 g/mol. The maximum Gasteiger partial charge on any atom is 0.191 e. The summed E-state index contributed by atoms with van der Waals surface area (Å²) in [6, 6.07) is 16.6. The van der Waals surface area contributed by atoms with Gasteiger partial charge in [-0.3, -0.25) is 4.99 Å². The highest BCUT2D eigenvalue weighted by molar-refractivity contribution is 5.79. The van der Waals surface area contributed by atoms with E-state index < -0.39 is 0 Å². The monoisotopic (exact) mass is 411 g/mol. The van der Waals surface area contributed by atoms with Crippen LogP contribution in [0.3, 0.4) is 0 Å². The maximum absolute atomic E-state index is 5.65. The van der Waals surface area contributed by atoms with Crippen molar-refractivity contribution in [2.24, 2.45) is 4.99 Å². The Balaban J connectivity index is 1.57. The van der Waals surface area contributed by atoms with Gasteiger partial charge in [-0.1, -0.05) is 24.3 Å². The van der Waals surface area contributed by atoms with Crippen LogP contribution in [0.15, 0.2) is 53.5 Å². The van der Waals surface area contributed by atoms with Crippen LogP contribution < -0.4 is 20.1 Å². The van der Waals surface area contributed by atoms with Gasteiger partial charge in [0.05, 0.1) is 14.2 Å². The van der Waals surface area contributed by atoms with E-state index in [0.29, 0.717) is 0 Å². The Morgan fingerprint density at radius 2 is 1.53 bits per heavy atom. The van der Waals surface area contributed by atoms with Gasteiger partial charge >= 0.3 is 0 Å². The molecule has 2 aromatic rings. The molecule has 0 unspecified atom stereocenters. The van der Waals surface area contributed by atoms with E-state index in [0.717, 1.165) is 63.0 Å².